The molecule has 60 valence electrons. The molecule has 4 N–H and O–H groups in total. The van der Waals surface area contributed by atoms with Crippen LogP contribution in [0.4, 0.5) is 0 Å². The Balaban J connectivity index is 2.43. The van der Waals surface area contributed by atoms with Gasteiger partial charge in [0, 0.05) is 0 Å². The normalized spacial score (nSPS) is 9.55. The molecular weight excluding hydrogens is 144 g/mol. The first-order valence-electron chi connectivity index (χ1n) is 3.45. The van der Waals surface area contributed by atoms with E-state index in [1.54, 1.807) is 12.1 Å². The first-order chi connectivity index (χ1) is 5.34. The molecule has 4 heteroatoms. The summed E-state index contributed by atoms with van der Waals surface area (Å²) in [7, 11) is 0. The van der Waals surface area contributed by atoms with Crippen LogP contribution >= 0.6 is 0 Å². The van der Waals surface area contributed by atoms with Crippen molar-refractivity contribution in [3.8, 4) is 0 Å². The highest BCUT2D eigenvalue weighted by atomic mass is 16.3. The monoisotopic (exact) mass is 155 g/mol. The Morgan fingerprint density at radius 2 is 2.55 bits per heavy atom. The molecule has 0 radical (unpaired) electrons. The van der Waals surface area contributed by atoms with Crippen LogP contribution in [-0.4, -0.2) is 19.0 Å². The van der Waals surface area contributed by atoms with E-state index < -0.39 is 0 Å². The third kappa shape index (κ3) is 2.09. The van der Waals surface area contributed by atoms with Crippen LogP contribution in [0, 0.1) is 0 Å². The quantitative estimate of drug-likeness (QED) is 0.603. The van der Waals surface area contributed by atoms with E-state index in [0.29, 0.717) is 18.8 Å². The van der Waals surface area contributed by atoms with E-state index in [9.17, 15) is 4.79 Å². The third-order valence-corrected chi connectivity index (χ3v) is 1.21. The molecule has 0 aliphatic carbocycles. The SMILES string of the molecule is [NH3+]CCNC(=O)c1ccco1. The molecule has 1 aromatic rings. The lowest BCUT2D eigenvalue weighted by Crippen LogP contribution is -2.54. The van der Waals surface area contributed by atoms with Gasteiger partial charge in [0.2, 0.25) is 0 Å². The van der Waals surface area contributed by atoms with Crippen LogP contribution in [0.5, 0.6) is 0 Å². The summed E-state index contributed by atoms with van der Waals surface area (Å²) in [4.78, 5) is 11.0. The first kappa shape index (κ1) is 7.81. The number of quaternary nitrogens is 1. The van der Waals surface area contributed by atoms with Crippen molar-refractivity contribution in [2.45, 2.75) is 0 Å². The van der Waals surface area contributed by atoms with Crippen LogP contribution in [0.3, 0.4) is 0 Å². The Morgan fingerprint density at radius 3 is 3.09 bits per heavy atom. The van der Waals surface area contributed by atoms with Gasteiger partial charge >= 0.3 is 0 Å². The summed E-state index contributed by atoms with van der Waals surface area (Å²) in [6, 6.07) is 3.30. The van der Waals surface area contributed by atoms with Gasteiger partial charge in [0.05, 0.1) is 19.4 Å². The van der Waals surface area contributed by atoms with Gasteiger partial charge in [0.25, 0.3) is 5.91 Å². The number of amides is 1. The molecule has 0 spiro atoms. The lowest BCUT2D eigenvalue weighted by atomic mass is 10.4. The Morgan fingerprint density at radius 1 is 1.73 bits per heavy atom. The molecular formula is C7H11N2O2+. The van der Waals surface area contributed by atoms with Crippen molar-refractivity contribution >= 4 is 5.91 Å². The standard InChI is InChI=1S/C7H10N2O2/c8-3-4-9-7(10)6-2-1-5-11-6/h1-2,5H,3-4,8H2,(H,9,10)/p+1. The van der Waals surface area contributed by atoms with Crippen molar-refractivity contribution in [3.05, 3.63) is 24.2 Å². The van der Waals surface area contributed by atoms with Crippen molar-refractivity contribution in [3.63, 3.8) is 0 Å². The average molecular weight is 155 g/mol. The second-order valence-electron chi connectivity index (χ2n) is 2.09. The number of carbonyl (C=O) groups is 1. The van der Waals surface area contributed by atoms with Gasteiger partial charge in [0.1, 0.15) is 0 Å². The molecule has 0 aliphatic rings. The lowest BCUT2D eigenvalue weighted by Gasteiger charge is -1.96. The number of nitrogens with one attached hydrogen (secondary N) is 1. The molecule has 0 aromatic carbocycles. The molecule has 0 fully saturated rings. The first-order valence-corrected chi connectivity index (χ1v) is 3.45. The zero-order valence-corrected chi connectivity index (χ0v) is 6.17. The number of hydrogen-bond acceptors (Lipinski definition) is 2. The molecule has 11 heavy (non-hydrogen) atoms. The summed E-state index contributed by atoms with van der Waals surface area (Å²) >= 11 is 0. The highest BCUT2D eigenvalue weighted by Crippen LogP contribution is 1.97. The lowest BCUT2D eigenvalue weighted by molar-refractivity contribution is -0.364. The number of hydrogen-bond donors (Lipinski definition) is 2. The molecule has 4 nitrogen and oxygen atoms in total. The minimum absolute atomic E-state index is 0.182. The largest absolute Gasteiger partial charge is 0.459 e. The van der Waals surface area contributed by atoms with Crippen LogP contribution in [0.25, 0.3) is 0 Å². The predicted molar refractivity (Wildman–Crippen MR) is 38.8 cm³/mol. The summed E-state index contributed by atoms with van der Waals surface area (Å²) in [5.74, 6) is 0.164. The molecule has 0 saturated heterocycles. The highest BCUT2D eigenvalue weighted by Gasteiger charge is 2.05. The fraction of sp³-hybridized carbons (Fsp3) is 0.286. The van der Waals surface area contributed by atoms with E-state index >= 15 is 0 Å². The zero-order chi connectivity index (χ0) is 8.10. The van der Waals surface area contributed by atoms with Crippen molar-refractivity contribution in [2.75, 3.05) is 13.1 Å². The van der Waals surface area contributed by atoms with Gasteiger partial charge in [-0.2, -0.15) is 0 Å². The van der Waals surface area contributed by atoms with Crippen molar-refractivity contribution < 1.29 is 14.9 Å². The maximum absolute atomic E-state index is 11.0. The van der Waals surface area contributed by atoms with Crippen LogP contribution in [0.15, 0.2) is 22.8 Å². The summed E-state index contributed by atoms with van der Waals surface area (Å²) < 4.78 is 4.86. The van der Waals surface area contributed by atoms with Gasteiger partial charge in [-0.15, -0.1) is 0 Å². The van der Waals surface area contributed by atoms with Crippen LogP contribution in [0.1, 0.15) is 10.6 Å². The van der Waals surface area contributed by atoms with Crippen LogP contribution in [-0.2, 0) is 0 Å². The van der Waals surface area contributed by atoms with Crippen LogP contribution in [0.2, 0.25) is 0 Å². The molecule has 0 bridgehead atoms. The molecule has 1 aromatic heterocycles. The number of furan rings is 1. The number of rotatable bonds is 3. The zero-order valence-electron chi connectivity index (χ0n) is 6.17. The van der Waals surface area contributed by atoms with Crippen molar-refractivity contribution in [2.24, 2.45) is 0 Å². The molecule has 0 unspecified atom stereocenters. The topological polar surface area (TPSA) is 69.9 Å². The third-order valence-electron chi connectivity index (χ3n) is 1.21. The molecule has 1 amide bonds. The van der Waals surface area contributed by atoms with Gasteiger partial charge in [-0.1, -0.05) is 0 Å². The maximum atomic E-state index is 11.0. The molecule has 0 atom stereocenters. The smallest absolute Gasteiger partial charge is 0.287 e. The van der Waals surface area contributed by atoms with E-state index in [1.807, 2.05) is 0 Å². The Labute approximate surface area is 64.4 Å². The summed E-state index contributed by atoms with van der Waals surface area (Å²) in [6.45, 7) is 1.27. The van der Waals surface area contributed by atoms with Gasteiger partial charge in [-0.25, -0.2) is 0 Å². The van der Waals surface area contributed by atoms with Gasteiger partial charge in [0.15, 0.2) is 5.76 Å². The van der Waals surface area contributed by atoms with Crippen molar-refractivity contribution in [1.82, 2.24) is 5.32 Å². The Kier molecular flexibility index (Phi) is 2.68. The minimum Gasteiger partial charge on any atom is -0.459 e. The highest BCUT2D eigenvalue weighted by molar-refractivity contribution is 5.91. The minimum atomic E-state index is -0.182. The summed E-state index contributed by atoms with van der Waals surface area (Å²) in [5.41, 5.74) is 3.59. The maximum Gasteiger partial charge on any atom is 0.287 e. The Hall–Kier alpha value is -1.29. The van der Waals surface area contributed by atoms with Crippen LogP contribution < -0.4 is 11.1 Å². The molecule has 0 aliphatic heterocycles. The van der Waals surface area contributed by atoms with Gasteiger partial charge in [-0.05, 0) is 12.1 Å². The average Bonchev–Trinajstić information content (AvgIpc) is 2.52. The van der Waals surface area contributed by atoms with E-state index in [2.05, 4.69) is 11.1 Å². The summed E-state index contributed by atoms with van der Waals surface area (Å²) in [5, 5.41) is 2.64. The summed E-state index contributed by atoms with van der Waals surface area (Å²) in [6.07, 6.45) is 1.47. The van der Waals surface area contributed by atoms with E-state index in [0.717, 1.165) is 0 Å². The second-order valence-corrected chi connectivity index (χ2v) is 2.09. The Bertz CT molecular complexity index is 218. The second kappa shape index (κ2) is 3.78. The molecule has 1 rings (SSSR count). The molecule has 0 saturated carbocycles. The van der Waals surface area contributed by atoms with E-state index in [1.165, 1.54) is 6.26 Å². The van der Waals surface area contributed by atoms with Gasteiger partial charge < -0.3 is 15.5 Å². The van der Waals surface area contributed by atoms with Gasteiger partial charge in [-0.3, -0.25) is 4.79 Å². The predicted octanol–water partition coefficient (Wildman–Crippen LogP) is -0.749. The number of carbonyl (C=O) groups excluding carboxylic acids is 1. The van der Waals surface area contributed by atoms with E-state index in [-0.39, 0.29) is 5.91 Å². The van der Waals surface area contributed by atoms with E-state index in [4.69, 9.17) is 4.42 Å². The molecule has 1 heterocycles. The fourth-order valence-electron chi connectivity index (χ4n) is 0.697. The fourth-order valence-corrected chi connectivity index (χ4v) is 0.697. The van der Waals surface area contributed by atoms with Crippen molar-refractivity contribution in [1.29, 1.82) is 0 Å².